The smallest absolute Gasteiger partial charge is 0.135 e. The van der Waals surface area contributed by atoms with E-state index >= 15 is 0 Å². The molecule has 2 aliphatic carbocycles. The lowest BCUT2D eigenvalue weighted by atomic mass is 9.66. The van der Waals surface area contributed by atoms with Gasteiger partial charge in [-0.3, -0.25) is 0 Å². The molecule has 0 N–H and O–H groups in total. The molecular weight excluding hydrogens is 811 g/mol. The van der Waals surface area contributed by atoms with E-state index in [1.54, 1.807) is 0 Å². The molecule has 0 spiro atoms. The summed E-state index contributed by atoms with van der Waals surface area (Å²) in [5, 5.41) is 2.32. The number of anilines is 3. The van der Waals surface area contributed by atoms with E-state index in [4.69, 9.17) is 4.74 Å². The molecule has 13 rings (SSSR count). The van der Waals surface area contributed by atoms with Crippen molar-refractivity contribution in [3.05, 3.63) is 271 Å². The van der Waals surface area contributed by atoms with E-state index in [0.717, 1.165) is 68.9 Å². The van der Waals surface area contributed by atoms with Crippen LogP contribution in [0.15, 0.2) is 254 Å². The van der Waals surface area contributed by atoms with Gasteiger partial charge in [0, 0.05) is 28.0 Å². The van der Waals surface area contributed by atoms with Gasteiger partial charge in [-0.15, -0.1) is 0 Å². The third kappa shape index (κ3) is 6.40. The standard InChI is InChI=1S/C65H45NO/c1-4-16-44(17-5-1)45-30-32-46(33-31-45)47-34-36-53(37-35-47)66(54-24-14-18-48(41-54)50-40-49-19-15-29-63-64(49)59(42-50)58-26-11-13-28-62(58)67-63)55-38-39-57-56-25-10-12-27-60(56)65(61(57)43-55,51-20-6-2-7-21-51)52-22-8-3-9-23-52/h1-2,4-8,10-43H,3,9H2. The molecule has 67 heavy (non-hydrogen) atoms. The van der Waals surface area contributed by atoms with Crippen molar-refractivity contribution in [1.82, 2.24) is 0 Å². The number of allylic oxidation sites excluding steroid dienone is 4. The highest BCUT2D eigenvalue weighted by molar-refractivity contribution is 6.06. The maximum atomic E-state index is 6.42. The topological polar surface area (TPSA) is 12.5 Å². The molecule has 10 aromatic carbocycles. The number of nitrogens with zero attached hydrogens (tertiary/aromatic N) is 1. The van der Waals surface area contributed by atoms with Crippen molar-refractivity contribution in [3.63, 3.8) is 0 Å². The monoisotopic (exact) mass is 855 g/mol. The van der Waals surface area contributed by atoms with Crippen molar-refractivity contribution < 1.29 is 4.74 Å². The summed E-state index contributed by atoms with van der Waals surface area (Å²) in [5.74, 6) is 1.79. The van der Waals surface area contributed by atoms with Crippen LogP contribution in [0.2, 0.25) is 0 Å². The summed E-state index contributed by atoms with van der Waals surface area (Å²) in [6, 6.07) is 84.5. The van der Waals surface area contributed by atoms with Gasteiger partial charge >= 0.3 is 0 Å². The minimum atomic E-state index is -0.477. The Balaban J connectivity index is 0.985. The molecule has 0 radical (unpaired) electrons. The maximum absolute atomic E-state index is 6.42. The summed E-state index contributed by atoms with van der Waals surface area (Å²) in [6.07, 6.45) is 9.29. The van der Waals surface area contributed by atoms with E-state index in [1.165, 1.54) is 61.2 Å². The number of hydrogen-bond donors (Lipinski definition) is 0. The molecule has 1 heterocycles. The molecule has 0 bridgehead atoms. The van der Waals surface area contributed by atoms with Gasteiger partial charge in [-0.1, -0.05) is 188 Å². The van der Waals surface area contributed by atoms with E-state index in [9.17, 15) is 0 Å². The van der Waals surface area contributed by atoms with Crippen LogP contribution in [0, 0.1) is 0 Å². The normalized spacial score (nSPS) is 15.3. The van der Waals surface area contributed by atoms with Gasteiger partial charge < -0.3 is 9.64 Å². The van der Waals surface area contributed by atoms with Crippen molar-refractivity contribution in [3.8, 4) is 67.1 Å². The number of fused-ring (bicyclic) bond motifs is 5. The fraction of sp³-hybridized carbons (Fsp3) is 0.0462. The summed E-state index contributed by atoms with van der Waals surface area (Å²) in [6.45, 7) is 0. The molecule has 0 aromatic heterocycles. The Kier molecular flexibility index (Phi) is 9.25. The molecule has 3 aliphatic rings. The Labute approximate surface area is 392 Å². The molecule has 10 aromatic rings. The lowest BCUT2D eigenvalue weighted by Crippen LogP contribution is -2.29. The van der Waals surface area contributed by atoms with Crippen LogP contribution in [-0.4, -0.2) is 0 Å². The Morgan fingerprint density at radius 3 is 1.76 bits per heavy atom. The third-order valence-electron chi connectivity index (χ3n) is 14.1. The van der Waals surface area contributed by atoms with Gasteiger partial charge in [0.25, 0.3) is 0 Å². The van der Waals surface area contributed by atoms with E-state index in [0.29, 0.717) is 0 Å². The van der Waals surface area contributed by atoms with Crippen LogP contribution in [0.5, 0.6) is 11.5 Å². The first-order valence-electron chi connectivity index (χ1n) is 23.4. The lowest BCUT2D eigenvalue weighted by Gasteiger charge is -2.36. The Bertz CT molecular complexity index is 3590. The van der Waals surface area contributed by atoms with E-state index in [-0.39, 0.29) is 0 Å². The molecule has 0 amide bonds. The van der Waals surface area contributed by atoms with Crippen molar-refractivity contribution >= 4 is 27.8 Å². The number of benzene rings is 10. The number of ether oxygens (including phenoxy) is 1. The number of hydrogen-bond acceptors (Lipinski definition) is 2. The molecule has 1 aliphatic heterocycles. The number of para-hydroxylation sites is 1. The lowest BCUT2D eigenvalue weighted by molar-refractivity contribution is 0.487. The van der Waals surface area contributed by atoms with Crippen LogP contribution in [0.25, 0.3) is 66.4 Å². The van der Waals surface area contributed by atoms with Crippen LogP contribution in [0.3, 0.4) is 0 Å². The average Bonchev–Trinajstić information content (AvgIpc) is 3.70. The van der Waals surface area contributed by atoms with Crippen LogP contribution in [-0.2, 0) is 5.41 Å². The summed E-state index contributed by atoms with van der Waals surface area (Å²) in [4.78, 5) is 2.45. The average molecular weight is 856 g/mol. The molecule has 2 nitrogen and oxygen atoms in total. The molecule has 0 fully saturated rings. The fourth-order valence-electron chi connectivity index (χ4n) is 11.1. The highest BCUT2D eigenvalue weighted by atomic mass is 16.5. The summed E-state index contributed by atoms with van der Waals surface area (Å²) in [5.41, 5.74) is 20.0. The van der Waals surface area contributed by atoms with E-state index < -0.39 is 5.41 Å². The molecule has 2 heteroatoms. The first kappa shape index (κ1) is 39.0. The third-order valence-corrected chi connectivity index (χ3v) is 14.1. The Hall–Kier alpha value is -8.46. The fourth-order valence-corrected chi connectivity index (χ4v) is 11.1. The van der Waals surface area contributed by atoms with Crippen LogP contribution >= 0.6 is 0 Å². The maximum Gasteiger partial charge on any atom is 0.135 e. The van der Waals surface area contributed by atoms with Gasteiger partial charge in [-0.2, -0.15) is 0 Å². The highest BCUT2D eigenvalue weighted by Gasteiger charge is 2.47. The molecule has 316 valence electrons. The predicted octanol–water partition coefficient (Wildman–Crippen LogP) is 17.7. The molecule has 0 saturated carbocycles. The van der Waals surface area contributed by atoms with Crippen LogP contribution < -0.4 is 9.64 Å². The minimum Gasteiger partial charge on any atom is -0.456 e. The predicted molar refractivity (Wildman–Crippen MR) is 279 cm³/mol. The quantitative estimate of drug-likeness (QED) is 0.151. The Morgan fingerprint density at radius 1 is 0.373 bits per heavy atom. The second-order valence-corrected chi connectivity index (χ2v) is 17.9. The summed E-state index contributed by atoms with van der Waals surface area (Å²) < 4.78 is 6.42. The van der Waals surface area contributed by atoms with Crippen molar-refractivity contribution in [2.24, 2.45) is 0 Å². The van der Waals surface area contributed by atoms with Crippen molar-refractivity contribution in [2.45, 2.75) is 18.3 Å². The minimum absolute atomic E-state index is 0.477. The molecule has 1 unspecified atom stereocenters. The van der Waals surface area contributed by atoms with Crippen molar-refractivity contribution in [2.75, 3.05) is 4.90 Å². The SMILES string of the molecule is C1=CC(C2(c3ccccc3)c3ccccc3-c3ccc(N(c4ccc(-c5ccc(-c6ccccc6)cc5)cc4)c4cccc(-c5cc6c7c(cccc7c5)Oc5ccccc5-6)c4)cc32)=CCC1. The van der Waals surface area contributed by atoms with Gasteiger partial charge in [-0.05, 0) is 151 Å². The zero-order chi connectivity index (χ0) is 44.3. The molecular formula is C65H45NO. The van der Waals surface area contributed by atoms with E-state index in [1.807, 2.05) is 6.07 Å². The zero-order valence-electron chi connectivity index (χ0n) is 36.9. The number of rotatable bonds is 8. The first-order chi connectivity index (χ1) is 33.2. The molecule has 0 saturated heterocycles. The Morgan fingerprint density at radius 2 is 0.985 bits per heavy atom. The van der Waals surface area contributed by atoms with Gasteiger partial charge in [-0.25, -0.2) is 0 Å². The van der Waals surface area contributed by atoms with Gasteiger partial charge in [0.05, 0.1) is 5.41 Å². The second-order valence-electron chi connectivity index (χ2n) is 17.9. The van der Waals surface area contributed by atoms with Gasteiger partial charge in [0.1, 0.15) is 11.5 Å². The first-order valence-corrected chi connectivity index (χ1v) is 23.4. The van der Waals surface area contributed by atoms with Gasteiger partial charge in [0.15, 0.2) is 0 Å². The largest absolute Gasteiger partial charge is 0.456 e. The van der Waals surface area contributed by atoms with Crippen LogP contribution in [0.4, 0.5) is 17.1 Å². The van der Waals surface area contributed by atoms with E-state index in [2.05, 4.69) is 248 Å². The molecule has 1 atom stereocenters. The van der Waals surface area contributed by atoms with Crippen LogP contribution in [0.1, 0.15) is 29.5 Å². The summed E-state index contributed by atoms with van der Waals surface area (Å²) >= 11 is 0. The van der Waals surface area contributed by atoms with Crippen molar-refractivity contribution in [1.29, 1.82) is 0 Å². The summed E-state index contributed by atoms with van der Waals surface area (Å²) in [7, 11) is 0. The van der Waals surface area contributed by atoms with Gasteiger partial charge in [0.2, 0.25) is 0 Å². The zero-order valence-corrected chi connectivity index (χ0v) is 36.9. The second kappa shape index (κ2) is 15.9. The highest BCUT2D eigenvalue weighted by Crippen LogP contribution is 2.58.